The highest BCUT2D eigenvalue weighted by molar-refractivity contribution is 7.10. The number of imidazole rings is 1. The average Bonchev–Trinajstić information content (AvgIpc) is 3.20. The first kappa shape index (κ1) is 13.7. The number of nitrogens with one attached hydrogen (secondary N) is 1. The van der Waals surface area contributed by atoms with Gasteiger partial charge in [0.25, 0.3) is 0 Å². The molecule has 0 unspecified atom stereocenters. The first-order chi connectivity index (χ1) is 10.8. The number of rotatable bonds is 4. The van der Waals surface area contributed by atoms with Crippen LogP contribution in [0.3, 0.4) is 0 Å². The Balaban J connectivity index is 1.55. The molecule has 0 atom stereocenters. The normalized spacial score (nSPS) is 15.7. The highest BCUT2D eigenvalue weighted by atomic mass is 32.1. The van der Waals surface area contributed by atoms with E-state index in [0.717, 1.165) is 34.4 Å². The van der Waals surface area contributed by atoms with Crippen LogP contribution in [0.15, 0.2) is 24.7 Å². The van der Waals surface area contributed by atoms with Gasteiger partial charge in [0.2, 0.25) is 0 Å². The van der Waals surface area contributed by atoms with Crippen LogP contribution in [0.1, 0.15) is 24.2 Å². The van der Waals surface area contributed by atoms with Crippen molar-refractivity contribution in [2.75, 3.05) is 18.4 Å². The van der Waals surface area contributed by atoms with Crippen LogP contribution >= 0.6 is 11.5 Å². The molecule has 1 fully saturated rings. The molecule has 4 rings (SSSR count). The molecule has 6 nitrogen and oxygen atoms in total. The van der Waals surface area contributed by atoms with Gasteiger partial charge >= 0.3 is 0 Å². The monoisotopic (exact) mass is 314 g/mol. The number of aryl methyl sites for hydroxylation is 1. The summed E-state index contributed by atoms with van der Waals surface area (Å²) >= 11 is 1.48. The van der Waals surface area contributed by atoms with Crippen molar-refractivity contribution in [3.63, 3.8) is 0 Å². The van der Waals surface area contributed by atoms with Gasteiger partial charge in [0.15, 0.2) is 11.5 Å². The second-order valence-electron chi connectivity index (χ2n) is 5.68. The summed E-state index contributed by atoms with van der Waals surface area (Å²) in [6.45, 7) is 5.30. The van der Waals surface area contributed by atoms with Gasteiger partial charge in [0, 0.05) is 25.1 Å². The van der Waals surface area contributed by atoms with Crippen LogP contribution in [0.25, 0.3) is 5.65 Å². The fraction of sp³-hybridized carbons (Fsp3) is 0.400. The molecule has 114 valence electrons. The van der Waals surface area contributed by atoms with Crippen molar-refractivity contribution in [2.24, 2.45) is 0 Å². The molecular weight excluding hydrogens is 296 g/mol. The van der Waals surface area contributed by atoms with E-state index < -0.39 is 0 Å². The molecule has 7 heteroatoms. The molecule has 1 saturated heterocycles. The van der Waals surface area contributed by atoms with E-state index in [1.54, 1.807) is 6.20 Å². The van der Waals surface area contributed by atoms with Crippen molar-refractivity contribution in [3.05, 3.63) is 36.0 Å². The Bertz CT molecular complexity index is 786. The predicted molar refractivity (Wildman–Crippen MR) is 87.6 cm³/mol. The summed E-state index contributed by atoms with van der Waals surface area (Å²) in [5.74, 6) is 0.779. The number of hydrogen-bond donors (Lipinski definition) is 1. The maximum Gasteiger partial charge on any atom is 0.180 e. The van der Waals surface area contributed by atoms with Crippen molar-refractivity contribution in [1.29, 1.82) is 0 Å². The summed E-state index contributed by atoms with van der Waals surface area (Å²) < 4.78 is 6.53. The molecule has 3 aromatic heterocycles. The predicted octanol–water partition coefficient (Wildman–Crippen LogP) is 2.83. The molecule has 1 N–H and O–H groups in total. The molecule has 0 saturated carbocycles. The van der Waals surface area contributed by atoms with Crippen LogP contribution in [0.5, 0.6) is 0 Å². The SMILES string of the molecule is Cc1cn2ccnc2c(Nc2cc(CN3CCCC3)ns2)n1. The summed E-state index contributed by atoms with van der Waals surface area (Å²) in [5.41, 5.74) is 2.91. The lowest BCUT2D eigenvalue weighted by Gasteiger charge is -2.11. The zero-order valence-electron chi connectivity index (χ0n) is 12.5. The third kappa shape index (κ3) is 2.69. The summed E-state index contributed by atoms with van der Waals surface area (Å²) in [7, 11) is 0. The lowest BCUT2D eigenvalue weighted by Crippen LogP contribution is -2.18. The Labute approximate surface area is 133 Å². The van der Waals surface area contributed by atoms with Gasteiger partial charge in [0.05, 0.1) is 11.4 Å². The number of fused-ring (bicyclic) bond motifs is 1. The topological polar surface area (TPSA) is 58.4 Å². The van der Waals surface area contributed by atoms with Gasteiger partial charge < -0.3 is 9.72 Å². The number of aromatic nitrogens is 4. The molecule has 4 heterocycles. The van der Waals surface area contributed by atoms with Gasteiger partial charge in [-0.25, -0.2) is 9.97 Å². The van der Waals surface area contributed by atoms with Crippen LogP contribution in [-0.2, 0) is 6.54 Å². The fourth-order valence-corrected chi connectivity index (χ4v) is 3.53. The summed E-state index contributed by atoms with van der Waals surface area (Å²) in [6.07, 6.45) is 8.30. The second kappa shape index (κ2) is 5.66. The Hall–Kier alpha value is -1.99. The highest BCUT2D eigenvalue weighted by Crippen LogP contribution is 2.24. The van der Waals surface area contributed by atoms with Crippen molar-refractivity contribution in [3.8, 4) is 0 Å². The molecule has 22 heavy (non-hydrogen) atoms. The van der Waals surface area contributed by atoms with Gasteiger partial charge in [-0.1, -0.05) is 0 Å². The quantitative estimate of drug-likeness (QED) is 0.802. The van der Waals surface area contributed by atoms with Crippen LogP contribution < -0.4 is 5.32 Å². The third-order valence-corrected chi connectivity index (χ3v) is 4.62. The fourth-order valence-electron chi connectivity index (χ4n) is 2.87. The van der Waals surface area contributed by atoms with E-state index in [1.807, 2.05) is 23.7 Å². The van der Waals surface area contributed by atoms with E-state index in [4.69, 9.17) is 0 Å². The Morgan fingerprint density at radius 3 is 3.05 bits per heavy atom. The van der Waals surface area contributed by atoms with Crippen LogP contribution in [0.4, 0.5) is 10.8 Å². The minimum absolute atomic E-state index is 0.779. The molecule has 1 aliphatic heterocycles. The van der Waals surface area contributed by atoms with E-state index in [0.29, 0.717) is 0 Å². The van der Waals surface area contributed by atoms with E-state index in [-0.39, 0.29) is 0 Å². The van der Waals surface area contributed by atoms with Crippen LogP contribution in [0.2, 0.25) is 0 Å². The van der Waals surface area contributed by atoms with E-state index in [2.05, 4.69) is 30.6 Å². The second-order valence-corrected chi connectivity index (χ2v) is 6.48. The van der Waals surface area contributed by atoms with Crippen LogP contribution in [-0.4, -0.2) is 36.7 Å². The number of nitrogens with zero attached hydrogens (tertiary/aromatic N) is 5. The van der Waals surface area contributed by atoms with Gasteiger partial charge in [-0.05, 0) is 50.5 Å². The molecule has 0 amide bonds. The van der Waals surface area contributed by atoms with E-state index >= 15 is 0 Å². The van der Waals surface area contributed by atoms with E-state index in [1.165, 1.54) is 37.5 Å². The number of anilines is 2. The van der Waals surface area contributed by atoms with Gasteiger partial charge in [-0.3, -0.25) is 4.90 Å². The number of likely N-dealkylation sites (tertiary alicyclic amines) is 1. The smallest absolute Gasteiger partial charge is 0.180 e. The van der Waals surface area contributed by atoms with Crippen molar-refractivity contribution in [2.45, 2.75) is 26.3 Å². The lowest BCUT2D eigenvalue weighted by molar-refractivity contribution is 0.328. The molecule has 0 aliphatic carbocycles. The minimum Gasteiger partial charge on any atom is -0.328 e. The maximum absolute atomic E-state index is 4.56. The summed E-state index contributed by atoms with van der Waals surface area (Å²) in [4.78, 5) is 11.4. The molecule has 0 spiro atoms. The maximum atomic E-state index is 4.56. The average molecular weight is 314 g/mol. The Morgan fingerprint density at radius 1 is 1.32 bits per heavy atom. The zero-order chi connectivity index (χ0) is 14.9. The highest BCUT2D eigenvalue weighted by Gasteiger charge is 2.14. The standard InChI is InChI=1S/C15H18N6S/c1-11-9-21-7-4-16-15(21)14(17-11)18-13-8-12(19-22-13)10-20-5-2-3-6-20/h4,7-9H,2-3,5-6,10H2,1H3,(H,17,18). The van der Waals surface area contributed by atoms with Crippen molar-refractivity contribution >= 4 is 28.0 Å². The first-order valence-electron chi connectivity index (χ1n) is 7.53. The lowest BCUT2D eigenvalue weighted by atomic mass is 10.4. The molecule has 0 radical (unpaired) electrons. The largest absolute Gasteiger partial charge is 0.328 e. The molecule has 3 aromatic rings. The third-order valence-electron chi connectivity index (χ3n) is 3.88. The Morgan fingerprint density at radius 2 is 2.18 bits per heavy atom. The van der Waals surface area contributed by atoms with Crippen molar-refractivity contribution in [1.82, 2.24) is 23.6 Å². The molecule has 0 bridgehead atoms. The molecule has 1 aliphatic rings. The minimum atomic E-state index is 0.779. The zero-order valence-corrected chi connectivity index (χ0v) is 13.3. The number of hydrogen-bond acceptors (Lipinski definition) is 6. The van der Waals surface area contributed by atoms with Gasteiger partial charge in [0.1, 0.15) is 5.00 Å². The van der Waals surface area contributed by atoms with Crippen LogP contribution in [0, 0.1) is 6.92 Å². The van der Waals surface area contributed by atoms with Gasteiger partial charge in [-0.15, -0.1) is 0 Å². The van der Waals surface area contributed by atoms with Crippen molar-refractivity contribution < 1.29 is 0 Å². The first-order valence-corrected chi connectivity index (χ1v) is 8.30. The van der Waals surface area contributed by atoms with Gasteiger partial charge in [-0.2, -0.15) is 4.37 Å². The summed E-state index contributed by atoms with van der Waals surface area (Å²) in [5, 5.41) is 4.37. The molecule has 0 aromatic carbocycles. The summed E-state index contributed by atoms with van der Waals surface area (Å²) in [6, 6.07) is 2.12. The Kier molecular flexibility index (Phi) is 3.51. The molecular formula is C15H18N6S. The van der Waals surface area contributed by atoms with E-state index in [9.17, 15) is 0 Å².